The zero-order valence-electron chi connectivity index (χ0n) is 23.4. The van der Waals surface area contributed by atoms with Crippen LogP contribution in [0.4, 0.5) is 5.13 Å². The summed E-state index contributed by atoms with van der Waals surface area (Å²) in [5, 5.41) is 20.9. The van der Waals surface area contributed by atoms with Crippen LogP contribution in [0.25, 0.3) is 5.76 Å². The van der Waals surface area contributed by atoms with Gasteiger partial charge in [0.05, 0.1) is 11.6 Å². The van der Waals surface area contributed by atoms with Gasteiger partial charge in [0, 0.05) is 28.7 Å². The first kappa shape index (κ1) is 29.6. The summed E-state index contributed by atoms with van der Waals surface area (Å²) in [4.78, 5) is 32.4. The van der Waals surface area contributed by atoms with Crippen LogP contribution in [-0.2, 0) is 21.9 Å². The number of halogens is 1. The van der Waals surface area contributed by atoms with Crippen LogP contribution in [0.15, 0.2) is 107 Å². The summed E-state index contributed by atoms with van der Waals surface area (Å²) in [5.41, 5.74) is 4.12. The number of rotatable bonds is 9. The molecule has 1 fully saturated rings. The van der Waals surface area contributed by atoms with Crippen molar-refractivity contribution in [3.63, 3.8) is 0 Å². The number of carbonyl (C=O) groups excluding carboxylic acids is 2. The van der Waals surface area contributed by atoms with Crippen molar-refractivity contribution in [2.45, 2.75) is 29.7 Å². The number of aryl methyl sites for hydroxylation is 1. The normalized spacial score (nSPS) is 16.0. The van der Waals surface area contributed by atoms with Crippen molar-refractivity contribution >= 4 is 57.3 Å². The van der Waals surface area contributed by atoms with Gasteiger partial charge in [0.2, 0.25) is 5.13 Å². The Kier molecular flexibility index (Phi) is 8.74. The largest absolute Gasteiger partial charge is 0.507 e. The smallest absolute Gasteiger partial charge is 0.301 e. The van der Waals surface area contributed by atoms with Gasteiger partial charge in [-0.2, -0.15) is 0 Å². The van der Waals surface area contributed by atoms with Crippen molar-refractivity contribution in [3.8, 4) is 5.75 Å². The third kappa shape index (κ3) is 6.23. The van der Waals surface area contributed by atoms with E-state index in [9.17, 15) is 14.7 Å². The van der Waals surface area contributed by atoms with E-state index < -0.39 is 17.7 Å². The van der Waals surface area contributed by atoms with Gasteiger partial charge in [-0.05, 0) is 71.6 Å². The lowest BCUT2D eigenvalue weighted by molar-refractivity contribution is -0.132. The summed E-state index contributed by atoms with van der Waals surface area (Å²) in [5.74, 6) is -0.689. The molecule has 1 saturated heterocycles. The van der Waals surface area contributed by atoms with Crippen molar-refractivity contribution in [2.75, 3.05) is 4.90 Å². The van der Waals surface area contributed by atoms with E-state index in [0.29, 0.717) is 38.6 Å². The third-order valence-corrected chi connectivity index (χ3v) is 9.48. The zero-order valence-corrected chi connectivity index (χ0v) is 25.8. The first-order chi connectivity index (χ1) is 21.4. The third-order valence-electron chi connectivity index (χ3n) is 7.11. The molecular weight excluding hydrogens is 616 g/mol. The van der Waals surface area contributed by atoms with Crippen LogP contribution in [0.3, 0.4) is 0 Å². The lowest BCUT2D eigenvalue weighted by atomic mass is 9.96. The van der Waals surface area contributed by atoms with Crippen molar-refractivity contribution in [3.05, 3.63) is 136 Å². The van der Waals surface area contributed by atoms with Crippen molar-refractivity contribution in [1.82, 2.24) is 15.2 Å². The van der Waals surface area contributed by atoms with Crippen LogP contribution in [0.5, 0.6) is 5.75 Å². The molecule has 1 unspecified atom stereocenters. The standard InChI is InChI=1S/C33H25ClN4O4S2/c1-20-5-2-3-6-24(20)18-42-26-14-10-22(11-15-26)29(39)27-28(23-7-4-16-35-17-23)38(31(41)30(27)40)32-36-37-33(44-32)43-19-21-8-12-25(34)13-9-21/h2-17,28,39H,18-19H2,1H3. The van der Waals surface area contributed by atoms with E-state index in [0.717, 1.165) is 16.7 Å². The molecule has 0 spiro atoms. The minimum Gasteiger partial charge on any atom is -0.507 e. The van der Waals surface area contributed by atoms with Gasteiger partial charge < -0.3 is 9.84 Å². The predicted octanol–water partition coefficient (Wildman–Crippen LogP) is 7.39. The highest BCUT2D eigenvalue weighted by molar-refractivity contribution is 8.00. The van der Waals surface area contributed by atoms with Gasteiger partial charge >= 0.3 is 5.91 Å². The molecule has 1 aliphatic rings. The predicted molar refractivity (Wildman–Crippen MR) is 172 cm³/mol. The summed E-state index contributed by atoms with van der Waals surface area (Å²) < 4.78 is 6.56. The molecule has 1 aliphatic heterocycles. The van der Waals surface area contributed by atoms with Crippen LogP contribution >= 0.6 is 34.7 Å². The number of ether oxygens (including phenoxy) is 1. The van der Waals surface area contributed by atoms with Gasteiger partial charge in [0.1, 0.15) is 18.1 Å². The highest BCUT2D eigenvalue weighted by Crippen LogP contribution is 2.44. The number of nitrogens with zero attached hydrogens (tertiary/aromatic N) is 4. The van der Waals surface area contributed by atoms with Crippen LogP contribution in [-0.4, -0.2) is 32.0 Å². The highest BCUT2D eigenvalue weighted by Gasteiger charge is 2.48. The Labute approximate surface area is 267 Å². The molecule has 11 heteroatoms. The number of anilines is 1. The van der Waals surface area contributed by atoms with Gasteiger partial charge in [0.25, 0.3) is 5.78 Å². The number of amides is 1. The second kappa shape index (κ2) is 13.0. The topological polar surface area (TPSA) is 106 Å². The summed E-state index contributed by atoms with van der Waals surface area (Å²) in [6.07, 6.45) is 3.17. The molecule has 1 amide bonds. The number of ketones is 1. The molecule has 8 nitrogen and oxygen atoms in total. The lowest BCUT2D eigenvalue weighted by Crippen LogP contribution is -2.29. The van der Waals surface area contributed by atoms with E-state index in [1.165, 1.54) is 28.0 Å². The molecule has 0 bridgehead atoms. The van der Waals surface area contributed by atoms with Gasteiger partial charge in [-0.3, -0.25) is 19.5 Å². The number of aliphatic hydroxyl groups excluding tert-OH is 1. The summed E-state index contributed by atoms with van der Waals surface area (Å²) >= 11 is 8.65. The van der Waals surface area contributed by atoms with E-state index in [-0.39, 0.29) is 16.5 Å². The molecule has 1 N–H and O–H groups in total. The Hall–Kier alpha value is -4.51. The minimum atomic E-state index is -0.942. The fourth-order valence-corrected chi connectivity index (χ4v) is 6.71. The first-order valence-electron chi connectivity index (χ1n) is 13.6. The second-order valence-corrected chi connectivity index (χ2v) is 12.6. The number of hydrogen-bond acceptors (Lipinski definition) is 9. The minimum absolute atomic E-state index is 0.0536. The van der Waals surface area contributed by atoms with E-state index in [4.69, 9.17) is 16.3 Å². The lowest BCUT2D eigenvalue weighted by Gasteiger charge is -2.22. The molecule has 44 heavy (non-hydrogen) atoms. The Morgan fingerprint density at radius 3 is 2.50 bits per heavy atom. The summed E-state index contributed by atoms with van der Waals surface area (Å²) in [7, 11) is 0. The van der Waals surface area contributed by atoms with E-state index >= 15 is 0 Å². The number of hydrogen-bond donors (Lipinski definition) is 1. The average Bonchev–Trinajstić information content (AvgIpc) is 3.62. The molecule has 0 saturated carbocycles. The van der Waals surface area contributed by atoms with Crippen LogP contribution in [0, 0.1) is 6.92 Å². The fourth-order valence-electron chi connectivity index (χ4n) is 4.76. The molecule has 5 aromatic rings. The second-order valence-electron chi connectivity index (χ2n) is 9.96. The molecule has 0 radical (unpaired) electrons. The number of Topliss-reactive ketones (excluding diaryl/α,β-unsaturated/α-hetero) is 1. The van der Waals surface area contributed by atoms with Gasteiger partial charge in [0.15, 0.2) is 4.34 Å². The monoisotopic (exact) mass is 640 g/mol. The number of aromatic nitrogens is 3. The molecule has 220 valence electrons. The summed E-state index contributed by atoms with van der Waals surface area (Å²) in [6.45, 7) is 2.42. The number of benzene rings is 3. The maximum absolute atomic E-state index is 13.5. The molecule has 0 aliphatic carbocycles. The zero-order chi connectivity index (χ0) is 30.6. The van der Waals surface area contributed by atoms with Gasteiger partial charge in [-0.1, -0.05) is 77.2 Å². The fraction of sp³-hybridized carbons (Fsp3) is 0.121. The Morgan fingerprint density at radius 2 is 1.77 bits per heavy atom. The van der Waals surface area contributed by atoms with E-state index in [2.05, 4.69) is 15.2 Å². The maximum Gasteiger partial charge on any atom is 0.301 e. The number of pyridine rings is 1. The Balaban J connectivity index is 1.28. The van der Waals surface area contributed by atoms with Crippen LogP contribution < -0.4 is 9.64 Å². The average molecular weight is 641 g/mol. The molecular formula is C33H25ClN4O4S2. The molecule has 3 aromatic carbocycles. The van der Waals surface area contributed by atoms with Crippen molar-refractivity contribution in [2.24, 2.45) is 0 Å². The number of thioether (sulfide) groups is 1. The van der Waals surface area contributed by atoms with Crippen LogP contribution in [0.1, 0.15) is 33.9 Å². The first-order valence-corrected chi connectivity index (χ1v) is 15.8. The Bertz CT molecular complexity index is 1840. The molecule has 1 atom stereocenters. The SMILES string of the molecule is Cc1ccccc1COc1ccc(C(O)=C2C(=O)C(=O)N(c3nnc(SCc4ccc(Cl)cc4)s3)C2c2cccnc2)cc1. The Morgan fingerprint density at radius 1 is 1.00 bits per heavy atom. The van der Waals surface area contributed by atoms with Gasteiger partial charge in [-0.25, -0.2) is 0 Å². The van der Waals surface area contributed by atoms with Crippen LogP contribution in [0.2, 0.25) is 5.02 Å². The maximum atomic E-state index is 13.5. The quantitative estimate of drug-likeness (QED) is 0.0584. The van der Waals surface area contributed by atoms with Crippen molar-refractivity contribution in [1.29, 1.82) is 0 Å². The van der Waals surface area contributed by atoms with Gasteiger partial charge in [-0.15, -0.1) is 10.2 Å². The molecule has 2 aromatic heterocycles. The number of aliphatic hydroxyl groups is 1. The van der Waals surface area contributed by atoms with E-state index in [1.807, 2.05) is 55.5 Å². The molecule has 6 rings (SSSR count). The molecule has 3 heterocycles. The van der Waals surface area contributed by atoms with Crippen molar-refractivity contribution < 1.29 is 19.4 Å². The highest BCUT2D eigenvalue weighted by atomic mass is 35.5. The number of carbonyl (C=O) groups is 2. The summed E-state index contributed by atoms with van der Waals surface area (Å²) in [6, 6.07) is 24.8. The van der Waals surface area contributed by atoms with E-state index in [1.54, 1.807) is 48.8 Å².